The summed E-state index contributed by atoms with van der Waals surface area (Å²) in [4.78, 5) is 11.1. The molecule has 2 heterocycles. The normalized spacial score (nSPS) is 18.4. The number of rotatable bonds is 6. The summed E-state index contributed by atoms with van der Waals surface area (Å²) in [5.41, 5.74) is 1.08. The van der Waals surface area contributed by atoms with Gasteiger partial charge in [-0.3, -0.25) is 0 Å². The Labute approximate surface area is 116 Å². The van der Waals surface area contributed by atoms with E-state index in [9.17, 15) is 0 Å². The first-order valence-corrected chi connectivity index (χ1v) is 7.45. The molecule has 1 atom stereocenters. The van der Waals surface area contributed by atoms with Gasteiger partial charge in [-0.25, -0.2) is 9.97 Å². The Balaban J connectivity index is 1.64. The van der Waals surface area contributed by atoms with Crippen molar-refractivity contribution in [3.05, 3.63) is 23.8 Å². The van der Waals surface area contributed by atoms with Gasteiger partial charge in [0.2, 0.25) is 0 Å². The van der Waals surface area contributed by atoms with E-state index in [1.54, 1.807) is 0 Å². The molecule has 1 N–H and O–H groups in total. The van der Waals surface area contributed by atoms with Gasteiger partial charge in [0.15, 0.2) is 0 Å². The lowest BCUT2D eigenvalue weighted by Gasteiger charge is -2.29. The monoisotopic (exact) mass is 262 g/mol. The molecule has 106 valence electrons. The second kappa shape index (κ2) is 7.56. The van der Waals surface area contributed by atoms with E-state index in [0.29, 0.717) is 5.92 Å². The molecule has 1 saturated heterocycles. The van der Waals surface area contributed by atoms with E-state index in [1.807, 2.05) is 19.2 Å². The molecule has 1 unspecified atom stereocenters. The molecule has 0 radical (unpaired) electrons. The summed E-state index contributed by atoms with van der Waals surface area (Å²) < 4.78 is 0. The van der Waals surface area contributed by atoms with Crippen LogP contribution in [0.4, 0.5) is 0 Å². The first-order valence-electron chi connectivity index (χ1n) is 7.45. The smallest absolute Gasteiger partial charge is 0.125 e. The van der Waals surface area contributed by atoms with E-state index >= 15 is 0 Å². The third-order valence-corrected chi connectivity index (χ3v) is 3.65. The number of hydrogen-bond acceptors (Lipinski definition) is 4. The minimum Gasteiger partial charge on any atom is -0.311 e. The maximum absolute atomic E-state index is 4.40. The van der Waals surface area contributed by atoms with Crippen LogP contribution in [0.1, 0.15) is 37.7 Å². The van der Waals surface area contributed by atoms with E-state index in [1.165, 1.54) is 38.9 Å². The van der Waals surface area contributed by atoms with E-state index < -0.39 is 0 Å². The Morgan fingerprint density at radius 1 is 1.32 bits per heavy atom. The van der Waals surface area contributed by atoms with Crippen LogP contribution in [-0.4, -0.2) is 41.0 Å². The first-order chi connectivity index (χ1) is 9.24. The number of aromatic nitrogens is 2. The number of hydrogen-bond donors (Lipinski definition) is 1. The molecule has 1 aliphatic heterocycles. The number of aryl methyl sites for hydroxylation is 1. The molecule has 0 spiro atoms. The lowest BCUT2D eigenvalue weighted by atomic mass is 10.1. The largest absolute Gasteiger partial charge is 0.311 e. The quantitative estimate of drug-likeness (QED) is 0.851. The van der Waals surface area contributed by atoms with E-state index in [4.69, 9.17) is 0 Å². The predicted octanol–water partition coefficient (Wildman–Crippen LogP) is 2.00. The highest BCUT2D eigenvalue weighted by atomic mass is 15.1. The summed E-state index contributed by atoms with van der Waals surface area (Å²) in [6.07, 6.45) is 5.99. The van der Waals surface area contributed by atoms with E-state index in [0.717, 1.165) is 24.6 Å². The lowest BCUT2D eigenvalue weighted by Crippen LogP contribution is -2.36. The summed E-state index contributed by atoms with van der Waals surface area (Å²) in [5, 5.41) is 3.50. The molecule has 1 fully saturated rings. The highest BCUT2D eigenvalue weighted by Gasteiger charge is 2.13. The zero-order valence-corrected chi connectivity index (χ0v) is 12.2. The average Bonchev–Trinajstić information content (AvgIpc) is 2.40. The van der Waals surface area contributed by atoms with Crippen molar-refractivity contribution in [1.82, 2.24) is 20.2 Å². The van der Waals surface area contributed by atoms with Crippen LogP contribution < -0.4 is 5.32 Å². The van der Waals surface area contributed by atoms with Crippen LogP contribution in [-0.2, 0) is 6.54 Å². The Kier molecular flexibility index (Phi) is 5.73. The van der Waals surface area contributed by atoms with Gasteiger partial charge in [0.25, 0.3) is 0 Å². The lowest BCUT2D eigenvalue weighted by molar-refractivity contribution is 0.199. The highest BCUT2D eigenvalue weighted by Crippen LogP contribution is 2.10. The van der Waals surface area contributed by atoms with Crippen molar-refractivity contribution in [2.24, 2.45) is 5.92 Å². The molecule has 0 saturated carbocycles. The average molecular weight is 262 g/mol. The van der Waals surface area contributed by atoms with Crippen molar-refractivity contribution in [2.45, 2.75) is 39.7 Å². The molecule has 1 aromatic heterocycles. The van der Waals surface area contributed by atoms with Crippen molar-refractivity contribution >= 4 is 0 Å². The number of nitrogens with zero attached hydrogens (tertiary/aromatic N) is 3. The molecule has 4 nitrogen and oxygen atoms in total. The topological polar surface area (TPSA) is 41.1 Å². The van der Waals surface area contributed by atoms with Crippen molar-refractivity contribution in [3.63, 3.8) is 0 Å². The standard InChI is InChI=1S/C15H26N4/c1-13(12-19-8-4-3-5-9-19)10-16-11-15-6-7-17-14(2)18-15/h6-7,13,16H,3-5,8-12H2,1-2H3. The number of piperidine rings is 1. The number of nitrogens with one attached hydrogen (secondary N) is 1. The summed E-state index contributed by atoms with van der Waals surface area (Å²) in [6.45, 7) is 9.95. The molecule has 19 heavy (non-hydrogen) atoms. The molecule has 0 bridgehead atoms. The van der Waals surface area contributed by atoms with Crippen LogP contribution in [0, 0.1) is 12.8 Å². The number of likely N-dealkylation sites (tertiary alicyclic amines) is 1. The molecule has 4 heteroatoms. The Bertz CT molecular complexity index is 374. The van der Waals surface area contributed by atoms with Crippen LogP contribution >= 0.6 is 0 Å². The van der Waals surface area contributed by atoms with E-state index in [2.05, 4.69) is 27.1 Å². The van der Waals surface area contributed by atoms with Gasteiger partial charge >= 0.3 is 0 Å². The van der Waals surface area contributed by atoms with Crippen LogP contribution in [0.25, 0.3) is 0 Å². The van der Waals surface area contributed by atoms with Crippen molar-refractivity contribution < 1.29 is 0 Å². The van der Waals surface area contributed by atoms with Gasteiger partial charge in [0.1, 0.15) is 5.82 Å². The molecule has 1 aromatic rings. The highest BCUT2D eigenvalue weighted by molar-refractivity contribution is 5.00. The van der Waals surface area contributed by atoms with Gasteiger partial charge < -0.3 is 10.2 Å². The Morgan fingerprint density at radius 2 is 2.11 bits per heavy atom. The summed E-state index contributed by atoms with van der Waals surface area (Å²) in [7, 11) is 0. The minimum atomic E-state index is 0.695. The third-order valence-electron chi connectivity index (χ3n) is 3.65. The zero-order valence-electron chi connectivity index (χ0n) is 12.2. The fourth-order valence-electron chi connectivity index (χ4n) is 2.70. The summed E-state index contributed by atoms with van der Waals surface area (Å²) in [6, 6.07) is 1.98. The van der Waals surface area contributed by atoms with Crippen molar-refractivity contribution in [1.29, 1.82) is 0 Å². The second-order valence-corrected chi connectivity index (χ2v) is 5.69. The third kappa shape index (κ3) is 5.25. The van der Waals surface area contributed by atoms with Crippen molar-refractivity contribution in [3.8, 4) is 0 Å². The first kappa shape index (κ1) is 14.4. The van der Waals surface area contributed by atoms with Crippen LogP contribution in [0.2, 0.25) is 0 Å². The van der Waals surface area contributed by atoms with Gasteiger partial charge in [-0.2, -0.15) is 0 Å². The molecule has 0 aromatic carbocycles. The van der Waals surface area contributed by atoms with E-state index in [-0.39, 0.29) is 0 Å². The molecular weight excluding hydrogens is 236 g/mol. The fourth-order valence-corrected chi connectivity index (χ4v) is 2.70. The van der Waals surface area contributed by atoms with Crippen LogP contribution in [0.5, 0.6) is 0 Å². The van der Waals surface area contributed by atoms with Gasteiger partial charge in [-0.05, 0) is 51.4 Å². The van der Waals surface area contributed by atoms with Crippen LogP contribution in [0.3, 0.4) is 0 Å². The van der Waals surface area contributed by atoms with Crippen molar-refractivity contribution in [2.75, 3.05) is 26.2 Å². The molecule has 2 rings (SSSR count). The maximum atomic E-state index is 4.40. The SMILES string of the molecule is Cc1nccc(CNCC(C)CN2CCCCC2)n1. The molecular formula is C15H26N4. The summed E-state index contributed by atoms with van der Waals surface area (Å²) >= 11 is 0. The zero-order chi connectivity index (χ0) is 13.5. The van der Waals surface area contributed by atoms with Crippen LogP contribution in [0.15, 0.2) is 12.3 Å². The molecule has 0 aliphatic carbocycles. The Hall–Kier alpha value is -1.00. The van der Waals surface area contributed by atoms with Gasteiger partial charge in [0, 0.05) is 19.3 Å². The molecule has 1 aliphatic rings. The predicted molar refractivity (Wildman–Crippen MR) is 77.9 cm³/mol. The van der Waals surface area contributed by atoms with Gasteiger partial charge in [-0.1, -0.05) is 13.3 Å². The van der Waals surface area contributed by atoms with Gasteiger partial charge in [0.05, 0.1) is 5.69 Å². The second-order valence-electron chi connectivity index (χ2n) is 5.69. The fraction of sp³-hybridized carbons (Fsp3) is 0.733. The minimum absolute atomic E-state index is 0.695. The van der Waals surface area contributed by atoms with Gasteiger partial charge in [-0.15, -0.1) is 0 Å². The Morgan fingerprint density at radius 3 is 2.84 bits per heavy atom. The molecule has 0 amide bonds. The maximum Gasteiger partial charge on any atom is 0.125 e. The summed E-state index contributed by atoms with van der Waals surface area (Å²) in [5.74, 6) is 1.54.